The molecule has 0 aromatic heterocycles. The van der Waals surface area contributed by atoms with Crippen LogP contribution >= 0.6 is 23.2 Å². The van der Waals surface area contributed by atoms with Crippen molar-refractivity contribution in [3.63, 3.8) is 0 Å². The van der Waals surface area contributed by atoms with E-state index in [9.17, 15) is 54.3 Å². The lowest BCUT2D eigenvalue weighted by Crippen LogP contribution is -2.50. The first kappa shape index (κ1) is 96.3. The van der Waals surface area contributed by atoms with E-state index < -0.39 is 35.1 Å². The van der Waals surface area contributed by atoms with E-state index in [-0.39, 0.29) is 75.8 Å². The highest BCUT2D eigenvalue weighted by atomic mass is 35.5. The first-order chi connectivity index (χ1) is 57.9. The molecule has 0 radical (unpaired) electrons. The summed E-state index contributed by atoms with van der Waals surface area (Å²) in [5.74, 6) is -0.538. The fourth-order valence-electron chi connectivity index (χ4n) is 16.9. The van der Waals surface area contributed by atoms with Gasteiger partial charge in [-0.2, -0.15) is 26.3 Å². The first-order valence-corrected chi connectivity index (χ1v) is 44.3. The van der Waals surface area contributed by atoms with Crippen LogP contribution in [-0.2, 0) is 32.0 Å². The topological polar surface area (TPSA) is 142 Å². The summed E-state index contributed by atoms with van der Waals surface area (Å²) in [4.78, 5) is 70.0. The Hall–Kier alpha value is -8.52. The zero-order chi connectivity index (χ0) is 87.1. The van der Waals surface area contributed by atoms with Crippen LogP contribution in [0.4, 0.5) is 77.1 Å². The SMILES string of the molecule is CC(C)(C)CN1CCC(N(Cc2ccccc2)C(=O)Nc2cccc(C(F)(F)F)c2)CC1.CCCC(C)N1CCC(N(Cc2ccccc2)C(=O)Nc2ccc(Cl)cc2F)CC1.CCCCN1CCC(N(Cc2ccccc2)C(=O)Nc2ccc(F)c(Cl)c2)CC1.CCCN1CCC(N(CC2CCCCC2)C(=O)Nc2cccc(C(F)(F)F)c2)CC1. The van der Waals surface area contributed by atoms with Gasteiger partial charge in [-0.15, -0.1) is 0 Å². The molecule has 1 saturated carbocycles. The van der Waals surface area contributed by atoms with Crippen molar-refractivity contribution < 1.29 is 54.3 Å². The summed E-state index contributed by atoms with van der Waals surface area (Å²) < 4.78 is 106. The minimum absolute atomic E-state index is 0.00152. The number of unbranched alkanes of at least 4 members (excludes halogenated alkanes) is 1. The van der Waals surface area contributed by atoms with Gasteiger partial charge in [0.05, 0.1) is 21.8 Å². The van der Waals surface area contributed by atoms with E-state index in [0.717, 1.165) is 184 Å². The van der Waals surface area contributed by atoms with Gasteiger partial charge < -0.3 is 60.5 Å². The fraction of sp³-hybridized carbons (Fsp3) is 0.516. The minimum atomic E-state index is -4.45. The Bertz CT molecular complexity index is 4270. The van der Waals surface area contributed by atoms with Gasteiger partial charge in [-0.25, -0.2) is 28.0 Å². The number of hydrogen-bond acceptors (Lipinski definition) is 8. The molecule has 4 heterocycles. The molecule has 5 aliphatic rings. The van der Waals surface area contributed by atoms with Crippen molar-refractivity contribution in [2.24, 2.45) is 11.3 Å². The molecule has 5 fully saturated rings. The molecule has 16 nitrogen and oxygen atoms in total. The van der Waals surface area contributed by atoms with Gasteiger partial charge in [-0.1, -0.05) is 200 Å². The van der Waals surface area contributed by atoms with E-state index >= 15 is 0 Å². The van der Waals surface area contributed by atoms with Gasteiger partial charge >= 0.3 is 36.5 Å². The highest BCUT2D eigenvalue weighted by Gasteiger charge is 2.37. The van der Waals surface area contributed by atoms with Crippen LogP contribution in [0.15, 0.2) is 176 Å². The summed E-state index contributed by atoms with van der Waals surface area (Å²) >= 11 is 11.7. The molecule has 7 aromatic carbocycles. The zero-order valence-corrected chi connectivity index (χ0v) is 73.0. The second-order valence-electron chi connectivity index (χ2n) is 34.1. The quantitative estimate of drug-likeness (QED) is 0.0415. The molecule has 8 amide bonds. The van der Waals surface area contributed by atoms with Crippen LogP contribution in [0, 0.1) is 23.0 Å². The summed E-state index contributed by atoms with van der Waals surface area (Å²) in [6.07, 6.45) is 10.2. The third-order valence-electron chi connectivity index (χ3n) is 23.4. The van der Waals surface area contributed by atoms with Crippen LogP contribution in [0.25, 0.3) is 0 Å². The lowest BCUT2D eigenvalue weighted by molar-refractivity contribution is -0.138. The monoisotopic (exact) mass is 1720 g/mol. The Balaban J connectivity index is 0.000000183. The second-order valence-corrected chi connectivity index (χ2v) is 34.9. The molecule has 26 heteroatoms. The van der Waals surface area contributed by atoms with Gasteiger partial charge in [-0.05, 0) is 204 Å². The van der Waals surface area contributed by atoms with E-state index in [1.54, 1.807) is 11.0 Å². The van der Waals surface area contributed by atoms with E-state index in [2.05, 4.69) is 89.3 Å². The number of nitrogens with zero attached hydrogens (tertiary/aromatic N) is 8. The maximum Gasteiger partial charge on any atom is 0.416 e. The number of alkyl halides is 6. The second kappa shape index (κ2) is 47.9. The van der Waals surface area contributed by atoms with Gasteiger partial charge in [0.1, 0.15) is 11.6 Å². The normalized spacial score (nSPS) is 16.8. The Morgan fingerprint density at radius 1 is 0.430 bits per heavy atom. The number of rotatable bonds is 25. The maximum atomic E-state index is 14.2. The Labute approximate surface area is 722 Å². The van der Waals surface area contributed by atoms with Crippen molar-refractivity contribution in [3.05, 3.63) is 225 Å². The lowest BCUT2D eigenvalue weighted by Gasteiger charge is -2.40. The van der Waals surface area contributed by atoms with Gasteiger partial charge in [0.25, 0.3) is 0 Å². The Morgan fingerprint density at radius 3 is 1.26 bits per heavy atom. The molecule has 12 rings (SSSR count). The Morgan fingerprint density at radius 2 is 0.843 bits per heavy atom. The predicted molar refractivity (Wildman–Crippen MR) is 473 cm³/mol. The van der Waals surface area contributed by atoms with Gasteiger partial charge in [-0.3, -0.25) is 0 Å². The first-order valence-electron chi connectivity index (χ1n) is 43.5. The largest absolute Gasteiger partial charge is 0.416 e. The van der Waals surface area contributed by atoms with Gasteiger partial charge in [0.15, 0.2) is 0 Å². The van der Waals surface area contributed by atoms with Crippen LogP contribution < -0.4 is 21.3 Å². The average molecular weight is 1720 g/mol. The van der Waals surface area contributed by atoms with E-state index in [4.69, 9.17) is 23.2 Å². The van der Waals surface area contributed by atoms with Crippen LogP contribution in [0.1, 0.15) is 192 Å². The number of halogens is 10. The summed E-state index contributed by atoms with van der Waals surface area (Å²) in [5, 5.41) is 11.4. The lowest BCUT2D eigenvalue weighted by atomic mass is 9.88. The van der Waals surface area contributed by atoms with Crippen LogP contribution in [-0.4, -0.2) is 172 Å². The van der Waals surface area contributed by atoms with Crippen molar-refractivity contribution in [1.82, 2.24) is 39.2 Å². The third-order valence-corrected chi connectivity index (χ3v) is 23.9. The average Bonchev–Trinajstić information content (AvgIpc) is 0.831. The number of carbonyl (C=O) groups excluding carboxylic acids is 4. The standard InChI is InChI=1S/C25H32F3N3O.C24H31ClFN3O.C23H29ClFN3O.C23H34F3N3O/c1-24(2,3)18-30-14-12-22(13-15-30)31(17-19-8-5-4-6-9-19)23(32)29-21-11-7-10-20(16-21)25(26,27)28;1-3-7-18(2)28-14-12-21(13-15-28)29(17-19-8-5-4-6-9-19)24(30)27-23-11-10-20(25)16-22(23)26;1-2-3-13-27-14-11-20(12-15-27)28(17-18-7-5-4-6-8-18)23(29)26-19-9-10-22(25)21(24)16-19;1-2-13-28-14-11-21(12-15-28)29(17-18-7-4-3-5-8-18)22(30)27-20-10-6-9-19(16-20)23(24,25)26/h4-11,16,22H,12-15,17-18H2,1-3H3,(H,29,32);4-6,8-11,16,18,21H,3,7,12-15,17H2,1-2H3,(H,27,30);4-10,16,20H,2-3,11-15,17H2,1H3,(H,26,29);6,9-10,16,18,21H,2-5,7-8,11-15,17H2,1H3,(H,27,30). The van der Waals surface area contributed by atoms with E-state index in [0.29, 0.717) is 48.8 Å². The number of anilines is 4. The van der Waals surface area contributed by atoms with Crippen molar-refractivity contribution in [2.75, 3.05) is 99.8 Å². The molecule has 0 spiro atoms. The molecule has 4 aliphatic heterocycles. The number of hydrogen-bond donors (Lipinski definition) is 4. The number of likely N-dealkylation sites (tertiary alicyclic amines) is 4. The molecule has 4 N–H and O–H groups in total. The molecule has 0 bridgehead atoms. The minimum Gasteiger partial charge on any atom is -0.321 e. The third kappa shape index (κ3) is 32.0. The molecule has 1 aliphatic carbocycles. The summed E-state index contributed by atoms with van der Waals surface area (Å²) in [5.41, 5.74) is 2.82. The number of urea groups is 4. The van der Waals surface area contributed by atoms with E-state index in [1.807, 2.05) is 106 Å². The molecule has 121 heavy (non-hydrogen) atoms. The highest BCUT2D eigenvalue weighted by molar-refractivity contribution is 6.31. The number of benzene rings is 7. The van der Waals surface area contributed by atoms with Crippen LogP contribution in [0.3, 0.4) is 0 Å². The molecule has 1 unspecified atom stereocenters. The fourth-order valence-corrected chi connectivity index (χ4v) is 17.2. The molecule has 4 saturated heterocycles. The van der Waals surface area contributed by atoms with Crippen molar-refractivity contribution in [3.8, 4) is 0 Å². The molecular weight excluding hydrogens is 1600 g/mol. The van der Waals surface area contributed by atoms with Gasteiger partial charge in [0.2, 0.25) is 0 Å². The molecule has 1 atom stereocenters. The number of piperidine rings is 4. The van der Waals surface area contributed by atoms with Crippen molar-refractivity contribution in [2.45, 2.75) is 226 Å². The number of carbonyl (C=O) groups is 4. The predicted octanol–water partition coefficient (Wildman–Crippen LogP) is 24.2. The summed E-state index contributed by atoms with van der Waals surface area (Å²) in [7, 11) is 0. The number of amides is 8. The van der Waals surface area contributed by atoms with Crippen molar-refractivity contribution >= 4 is 70.1 Å². The van der Waals surface area contributed by atoms with Gasteiger partial charge in [0, 0.05) is 137 Å². The van der Waals surface area contributed by atoms with Crippen LogP contribution in [0.2, 0.25) is 10.0 Å². The summed E-state index contributed by atoms with van der Waals surface area (Å²) in [6, 6.07) is 47.8. The summed E-state index contributed by atoms with van der Waals surface area (Å²) in [6.45, 7) is 28.5. The molecule has 7 aromatic rings. The smallest absolute Gasteiger partial charge is 0.321 e. The zero-order valence-electron chi connectivity index (χ0n) is 71.5. The van der Waals surface area contributed by atoms with E-state index in [1.165, 1.54) is 99.5 Å². The highest BCUT2D eigenvalue weighted by Crippen LogP contribution is 2.36. The maximum absolute atomic E-state index is 14.2. The molecular formula is C95H126Cl2F8N12O4. The molecule has 660 valence electrons. The van der Waals surface area contributed by atoms with Crippen molar-refractivity contribution in [1.29, 1.82) is 0 Å². The number of nitrogens with one attached hydrogen (secondary N) is 4. The van der Waals surface area contributed by atoms with Crippen LogP contribution in [0.5, 0.6) is 0 Å². The Kier molecular flexibility index (Phi) is 38.2.